The van der Waals surface area contributed by atoms with Gasteiger partial charge >= 0.3 is 0 Å². The van der Waals surface area contributed by atoms with Crippen LogP contribution in [0.2, 0.25) is 0 Å². The largest absolute Gasteiger partial charge is 0.352 e. The van der Waals surface area contributed by atoms with Crippen molar-refractivity contribution in [3.63, 3.8) is 0 Å². The van der Waals surface area contributed by atoms with E-state index in [4.69, 9.17) is 5.73 Å². The van der Waals surface area contributed by atoms with Crippen molar-refractivity contribution in [3.8, 4) is 0 Å². The summed E-state index contributed by atoms with van der Waals surface area (Å²) in [7, 11) is 0. The zero-order valence-electron chi connectivity index (χ0n) is 10.6. The molecule has 4 N–H and O–H groups in total. The number of benzene rings is 1. The van der Waals surface area contributed by atoms with Gasteiger partial charge in [-0.3, -0.25) is 9.89 Å². The average Bonchev–Trinajstić information content (AvgIpc) is 2.92. The van der Waals surface area contributed by atoms with E-state index in [1.165, 1.54) is 6.33 Å². The normalized spacial score (nSPS) is 10.4. The molecule has 0 unspecified atom stereocenters. The Morgan fingerprint density at radius 3 is 3.00 bits per heavy atom. The molecule has 0 bridgehead atoms. The van der Waals surface area contributed by atoms with Crippen molar-refractivity contribution < 1.29 is 4.79 Å². The lowest BCUT2D eigenvalue weighted by Gasteiger charge is -2.06. The molecule has 2 aromatic rings. The number of carbonyl (C=O) groups is 1. The van der Waals surface area contributed by atoms with Gasteiger partial charge in [0.2, 0.25) is 0 Å². The third-order valence-electron chi connectivity index (χ3n) is 2.73. The van der Waals surface area contributed by atoms with Gasteiger partial charge in [-0.1, -0.05) is 12.1 Å². The van der Waals surface area contributed by atoms with Crippen molar-refractivity contribution in [1.29, 1.82) is 0 Å². The summed E-state index contributed by atoms with van der Waals surface area (Å²) in [6, 6.07) is 7.51. The second-order valence-corrected chi connectivity index (χ2v) is 4.18. The van der Waals surface area contributed by atoms with Crippen LogP contribution in [0.4, 0.5) is 0 Å². The number of nitrogens with zero attached hydrogens (tertiary/aromatic N) is 2. The predicted molar refractivity (Wildman–Crippen MR) is 71.6 cm³/mol. The van der Waals surface area contributed by atoms with Gasteiger partial charge in [0.25, 0.3) is 5.91 Å². The van der Waals surface area contributed by atoms with Crippen molar-refractivity contribution in [2.45, 2.75) is 12.8 Å². The van der Waals surface area contributed by atoms with Gasteiger partial charge in [-0.2, -0.15) is 5.10 Å². The summed E-state index contributed by atoms with van der Waals surface area (Å²) in [6.07, 6.45) is 2.86. The number of aromatic nitrogens is 3. The summed E-state index contributed by atoms with van der Waals surface area (Å²) < 4.78 is 0. The molecule has 0 saturated heterocycles. The van der Waals surface area contributed by atoms with Crippen LogP contribution in [0.1, 0.15) is 21.7 Å². The van der Waals surface area contributed by atoms with Gasteiger partial charge in [-0.25, -0.2) is 4.98 Å². The predicted octanol–water partition coefficient (Wildman–Crippen LogP) is 0.278. The van der Waals surface area contributed by atoms with Crippen molar-refractivity contribution in [2.24, 2.45) is 5.73 Å². The highest BCUT2D eigenvalue weighted by Crippen LogP contribution is 2.05. The number of rotatable bonds is 6. The molecule has 0 spiro atoms. The topological polar surface area (TPSA) is 96.7 Å². The highest BCUT2D eigenvalue weighted by Gasteiger charge is 2.06. The van der Waals surface area contributed by atoms with Crippen LogP contribution in [0.25, 0.3) is 0 Å². The SMILES string of the molecule is NCCc1cccc(C(=O)NCCc2ncn[nH]2)c1. The summed E-state index contributed by atoms with van der Waals surface area (Å²) in [4.78, 5) is 15.9. The average molecular weight is 259 g/mol. The molecule has 6 nitrogen and oxygen atoms in total. The summed E-state index contributed by atoms with van der Waals surface area (Å²) >= 11 is 0. The lowest BCUT2D eigenvalue weighted by Crippen LogP contribution is -2.26. The molecule has 1 heterocycles. The van der Waals surface area contributed by atoms with Crippen molar-refractivity contribution in [3.05, 3.63) is 47.5 Å². The maximum absolute atomic E-state index is 11.9. The van der Waals surface area contributed by atoms with E-state index < -0.39 is 0 Å². The van der Waals surface area contributed by atoms with E-state index in [0.29, 0.717) is 25.1 Å². The molecule has 1 amide bonds. The smallest absolute Gasteiger partial charge is 0.251 e. The number of amides is 1. The van der Waals surface area contributed by atoms with E-state index in [1.54, 1.807) is 6.07 Å². The van der Waals surface area contributed by atoms with E-state index in [1.807, 2.05) is 18.2 Å². The van der Waals surface area contributed by atoms with E-state index >= 15 is 0 Å². The third-order valence-corrected chi connectivity index (χ3v) is 2.73. The molecule has 0 aliphatic heterocycles. The Bertz CT molecular complexity index is 524. The first-order valence-electron chi connectivity index (χ1n) is 6.21. The van der Waals surface area contributed by atoms with E-state index in [9.17, 15) is 4.79 Å². The first-order valence-corrected chi connectivity index (χ1v) is 6.21. The fraction of sp³-hybridized carbons (Fsp3) is 0.308. The quantitative estimate of drug-likeness (QED) is 0.694. The molecule has 2 rings (SSSR count). The molecule has 100 valence electrons. The molecule has 0 aliphatic carbocycles. The van der Waals surface area contributed by atoms with Gasteiger partial charge in [0, 0.05) is 18.5 Å². The molecular weight excluding hydrogens is 242 g/mol. The molecular formula is C13H17N5O. The molecule has 0 fully saturated rings. The standard InChI is InChI=1S/C13H17N5O/c14-6-4-10-2-1-3-11(8-10)13(19)15-7-5-12-16-9-17-18-12/h1-3,8-9H,4-7,14H2,(H,15,19)(H,16,17,18). The maximum atomic E-state index is 11.9. The Kier molecular flexibility index (Phi) is 4.63. The van der Waals surface area contributed by atoms with Crippen LogP contribution in [0.15, 0.2) is 30.6 Å². The molecule has 0 atom stereocenters. The number of hydrogen-bond acceptors (Lipinski definition) is 4. The van der Waals surface area contributed by atoms with Crippen LogP contribution in [-0.2, 0) is 12.8 Å². The second-order valence-electron chi connectivity index (χ2n) is 4.18. The van der Waals surface area contributed by atoms with Crippen molar-refractivity contribution >= 4 is 5.91 Å². The maximum Gasteiger partial charge on any atom is 0.251 e. The Balaban J connectivity index is 1.87. The molecule has 1 aromatic heterocycles. The second kappa shape index (κ2) is 6.65. The van der Waals surface area contributed by atoms with Gasteiger partial charge in [-0.15, -0.1) is 0 Å². The molecule has 19 heavy (non-hydrogen) atoms. The monoisotopic (exact) mass is 259 g/mol. The van der Waals surface area contributed by atoms with Crippen molar-refractivity contribution in [1.82, 2.24) is 20.5 Å². The van der Waals surface area contributed by atoms with Crippen LogP contribution in [0.5, 0.6) is 0 Å². The van der Waals surface area contributed by atoms with E-state index in [0.717, 1.165) is 17.8 Å². The summed E-state index contributed by atoms with van der Waals surface area (Å²) in [5.74, 6) is 0.676. The van der Waals surface area contributed by atoms with Crippen LogP contribution in [-0.4, -0.2) is 34.2 Å². The van der Waals surface area contributed by atoms with Gasteiger partial charge in [0.15, 0.2) is 0 Å². The fourth-order valence-electron chi connectivity index (χ4n) is 1.78. The summed E-state index contributed by atoms with van der Waals surface area (Å²) in [6.45, 7) is 1.10. The number of carbonyl (C=O) groups excluding carboxylic acids is 1. The lowest BCUT2D eigenvalue weighted by atomic mass is 10.1. The highest BCUT2D eigenvalue weighted by molar-refractivity contribution is 5.94. The van der Waals surface area contributed by atoms with Crippen LogP contribution < -0.4 is 11.1 Å². The third kappa shape index (κ3) is 3.89. The summed E-state index contributed by atoms with van der Waals surface area (Å²) in [5, 5.41) is 9.35. The molecule has 6 heteroatoms. The number of aromatic amines is 1. The van der Waals surface area contributed by atoms with Crippen LogP contribution in [0.3, 0.4) is 0 Å². The first kappa shape index (κ1) is 13.2. The van der Waals surface area contributed by atoms with E-state index in [-0.39, 0.29) is 5.91 Å². The van der Waals surface area contributed by atoms with E-state index in [2.05, 4.69) is 20.5 Å². The lowest BCUT2D eigenvalue weighted by molar-refractivity contribution is 0.0954. The Hall–Kier alpha value is -2.21. The Morgan fingerprint density at radius 2 is 2.26 bits per heavy atom. The van der Waals surface area contributed by atoms with Crippen molar-refractivity contribution in [2.75, 3.05) is 13.1 Å². The molecule has 0 aliphatic rings. The number of hydrogen-bond donors (Lipinski definition) is 3. The summed E-state index contributed by atoms with van der Waals surface area (Å²) in [5.41, 5.74) is 7.23. The minimum Gasteiger partial charge on any atom is -0.352 e. The van der Waals surface area contributed by atoms with Crippen LogP contribution >= 0.6 is 0 Å². The van der Waals surface area contributed by atoms with Gasteiger partial charge < -0.3 is 11.1 Å². The number of nitrogens with two attached hydrogens (primary N) is 1. The first-order chi connectivity index (χ1) is 9.29. The minimum absolute atomic E-state index is 0.0848. The van der Waals surface area contributed by atoms with Gasteiger partial charge in [0.05, 0.1) is 0 Å². The number of nitrogens with one attached hydrogen (secondary N) is 2. The molecule has 0 radical (unpaired) electrons. The zero-order chi connectivity index (χ0) is 13.5. The highest BCUT2D eigenvalue weighted by atomic mass is 16.1. The molecule has 0 saturated carbocycles. The van der Waals surface area contributed by atoms with Gasteiger partial charge in [0.1, 0.15) is 12.2 Å². The Morgan fingerprint density at radius 1 is 1.37 bits per heavy atom. The number of H-pyrrole nitrogens is 1. The molecule has 1 aromatic carbocycles. The minimum atomic E-state index is -0.0848. The zero-order valence-corrected chi connectivity index (χ0v) is 10.6. The van der Waals surface area contributed by atoms with Crippen LogP contribution in [0, 0.1) is 0 Å². The Labute approximate surface area is 111 Å². The van der Waals surface area contributed by atoms with Gasteiger partial charge in [-0.05, 0) is 30.7 Å². The fourth-order valence-corrected chi connectivity index (χ4v) is 1.78.